The van der Waals surface area contributed by atoms with Crippen LogP contribution in [0.15, 0.2) is 24.3 Å². The van der Waals surface area contributed by atoms with Crippen LogP contribution in [-0.4, -0.2) is 29.8 Å². The Labute approximate surface area is 118 Å². The molecule has 0 aromatic heterocycles. The van der Waals surface area contributed by atoms with E-state index in [4.69, 9.17) is 10.00 Å². The van der Waals surface area contributed by atoms with Gasteiger partial charge >= 0.3 is 0 Å². The van der Waals surface area contributed by atoms with Crippen molar-refractivity contribution in [1.29, 1.82) is 5.26 Å². The number of benzene rings is 1. The molecule has 1 aliphatic rings. The lowest BCUT2D eigenvalue weighted by molar-refractivity contribution is -0.125. The molecule has 5 heteroatoms. The third-order valence-electron chi connectivity index (χ3n) is 3.43. The van der Waals surface area contributed by atoms with E-state index < -0.39 is 6.10 Å². The summed E-state index contributed by atoms with van der Waals surface area (Å²) in [5.74, 6) is 0.309. The van der Waals surface area contributed by atoms with Gasteiger partial charge in [0.2, 0.25) is 0 Å². The number of nitrogens with one attached hydrogen (secondary N) is 1. The monoisotopic (exact) mass is 274 g/mol. The van der Waals surface area contributed by atoms with E-state index in [2.05, 4.69) is 5.32 Å². The molecule has 0 aliphatic heterocycles. The molecule has 5 nitrogen and oxygen atoms in total. The molecule has 1 aromatic rings. The summed E-state index contributed by atoms with van der Waals surface area (Å²) in [6, 6.07) is 8.43. The van der Waals surface area contributed by atoms with Gasteiger partial charge < -0.3 is 15.2 Å². The lowest BCUT2D eigenvalue weighted by Crippen LogP contribution is -2.46. The summed E-state index contributed by atoms with van der Waals surface area (Å²) >= 11 is 0. The van der Waals surface area contributed by atoms with Gasteiger partial charge in [-0.15, -0.1) is 0 Å². The van der Waals surface area contributed by atoms with Crippen molar-refractivity contribution in [1.82, 2.24) is 5.32 Å². The van der Waals surface area contributed by atoms with Crippen molar-refractivity contribution >= 4 is 5.91 Å². The Morgan fingerprint density at radius 1 is 1.35 bits per heavy atom. The van der Waals surface area contributed by atoms with Gasteiger partial charge in [0.25, 0.3) is 5.91 Å². The number of ether oxygens (including phenoxy) is 1. The normalized spacial score (nSPS) is 21.8. The second kappa shape index (κ2) is 6.92. The highest BCUT2D eigenvalue weighted by Crippen LogP contribution is 2.18. The number of hydrogen-bond acceptors (Lipinski definition) is 4. The first-order valence-electron chi connectivity index (χ1n) is 6.79. The second-order valence-electron chi connectivity index (χ2n) is 4.95. The molecule has 0 spiro atoms. The van der Waals surface area contributed by atoms with E-state index in [1.165, 1.54) is 0 Å². The molecule has 2 N–H and O–H groups in total. The largest absolute Gasteiger partial charge is 0.484 e. The lowest BCUT2D eigenvalue weighted by atomic mass is 9.92. The van der Waals surface area contributed by atoms with Crippen LogP contribution in [0.25, 0.3) is 0 Å². The smallest absolute Gasteiger partial charge is 0.258 e. The number of aliphatic hydroxyl groups is 1. The molecule has 106 valence electrons. The average Bonchev–Trinajstić information content (AvgIpc) is 2.48. The first-order valence-corrected chi connectivity index (χ1v) is 6.79. The zero-order chi connectivity index (χ0) is 14.4. The van der Waals surface area contributed by atoms with Gasteiger partial charge in [0, 0.05) is 0 Å². The quantitative estimate of drug-likeness (QED) is 0.868. The maximum Gasteiger partial charge on any atom is 0.258 e. The van der Waals surface area contributed by atoms with Crippen LogP contribution in [0.5, 0.6) is 5.75 Å². The predicted molar refractivity (Wildman–Crippen MR) is 73.1 cm³/mol. The Bertz CT molecular complexity index is 493. The summed E-state index contributed by atoms with van der Waals surface area (Å²) in [7, 11) is 0. The number of aliphatic hydroxyl groups excluding tert-OH is 1. The van der Waals surface area contributed by atoms with Gasteiger partial charge in [0.1, 0.15) is 5.75 Å². The van der Waals surface area contributed by atoms with E-state index >= 15 is 0 Å². The van der Waals surface area contributed by atoms with Gasteiger partial charge in [-0.1, -0.05) is 12.8 Å². The standard InChI is InChI=1S/C15H18N2O3/c16-9-11-5-7-12(8-6-11)20-10-15(19)17-13-3-1-2-4-14(13)18/h5-8,13-14,18H,1-4,10H2,(H,17,19). The average molecular weight is 274 g/mol. The van der Waals surface area contributed by atoms with Crippen LogP contribution in [0.4, 0.5) is 0 Å². The molecule has 2 atom stereocenters. The Morgan fingerprint density at radius 2 is 2.05 bits per heavy atom. The zero-order valence-electron chi connectivity index (χ0n) is 11.2. The predicted octanol–water partition coefficient (Wildman–Crippen LogP) is 1.36. The van der Waals surface area contributed by atoms with Gasteiger partial charge in [0.05, 0.1) is 23.8 Å². The molecule has 20 heavy (non-hydrogen) atoms. The van der Waals surface area contributed by atoms with Crippen molar-refractivity contribution in [2.45, 2.75) is 37.8 Å². The number of nitrogens with zero attached hydrogens (tertiary/aromatic N) is 1. The Morgan fingerprint density at radius 3 is 2.70 bits per heavy atom. The van der Waals surface area contributed by atoms with Crippen molar-refractivity contribution in [3.63, 3.8) is 0 Å². The third kappa shape index (κ3) is 3.97. The van der Waals surface area contributed by atoms with Crippen LogP contribution in [0.1, 0.15) is 31.2 Å². The van der Waals surface area contributed by atoms with Crippen molar-refractivity contribution in [3.8, 4) is 11.8 Å². The number of hydrogen-bond donors (Lipinski definition) is 2. The molecule has 1 amide bonds. The molecule has 2 unspecified atom stereocenters. The topological polar surface area (TPSA) is 82.3 Å². The minimum absolute atomic E-state index is 0.0882. The number of nitriles is 1. The molecule has 0 saturated heterocycles. The molecule has 0 heterocycles. The first-order chi connectivity index (χ1) is 9.69. The van der Waals surface area contributed by atoms with Gasteiger partial charge in [-0.3, -0.25) is 4.79 Å². The number of amides is 1. The highest BCUT2D eigenvalue weighted by molar-refractivity contribution is 5.77. The van der Waals surface area contributed by atoms with Gasteiger partial charge in [0.15, 0.2) is 6.61 Å². The molecule has 1 aliphatic carbocycles. The summed E-state index contributed by atoms with van der Waals surface area (Å²) in [6.45, 7) is -0.0882. The van der Waals surface area contributed by atoms with Crippen molar-refractivity contribution in [3.05, 3.63) is 29.8 Å². The number of carbonyl (C=O) groups is 1. The highest BCUT2D eigenvalue weighted by atomic mass is 16.5. The Kier molecular flexibility index (Phi) is 4.97. The fraction of sp³-hybridized carbons (Fsp3) is 0.467. The van der Waals surface area contributed by atoms with E-state index in [0.717, 1.165) is 25.7 Å². The van der Waals surface area contributed by atoms with Crippen LogP contribution < -0.4 is 10.1 Å². The molecular weight excluding hydrogens is 256 g/mol. The maximum absolute atomic E-state index is 11.8. The molecule has 1 saturated carbocycles. The van der Waals surface area contributed by atoms with E-state index in [0.29, 0.717) is 11.3 Å². The van der Waals surface area contributed by atoms with E-state index in [1.54, 1.807) is 24.3 Å². The first kappa shape index (κ1) is 14.4. The molecule has 0 bridgehead atoms. The van der Waals surface area contributed by atoms with Gasteiger partial charge in [-0.25, -0.2) is 0 Å². The summed E-state index contributed by atoms with van der Waals surface area (Å²) in [4.78, 5) is 11.8. The van der Waals surface area contributed by atoms with Crippen molar-refractivity contribution in [2.75, 3.05) is 6.61 Å². The molecule has 2 rings (SSSR count). The summed E-state index contributed by atoms with van der Waals surface area (Å²) in [5, 5.41) is 21.2. The van der Waals surface area contributed by atoms with Crippen LogP contribution in [0.2, 0.25) is 0 Å². The minimum atomic E-state index is -0.456. The summed E-state index contributed by atoms with van der Waals surface area (Å²) in [5.41, 5.74) is 0.548. The molecule has 0 radical (unpaired) electrons. The van der Waals surface area contributed by atoms with Crippen LogP contribution >= 0.6 is 0 Å². The van der Waals surface area contributed by atoms with Crippen molar-refractivity contribution in [2.24, 2.45) is 0 Å². The number of rotatable bonds is 4. The van der Waals surface area contributed by atoms with Crippen LogP contribution in [0.3, 0.4) is 0 Å². The summed E-state index contributed by atoms with van der Waals surface area (Å²) in [6.07, 6.45) is 3.13. The lowest BCUT2D eigenvalue weighted by Gasteiger charge is -2.28. The Balaban J connectivity index is 1.78. The molecule has 1 aromatic carbocycles. The van der Waals surface area contributed by atoms with E-state index in [-0.39, 0.29) is 18.6 Å². The SMILES string of the molecule is N#Cc1ccc(OCC(=O)NC2CCCCC2O)cc1. The van der Waals surface area contributed by atoms with Gasteiger partial charge in [-0.05, 0) is 37.1 Å². The highest BCUT2D eigenvalue weighted by Gasteiger charge is 2.24. The minimum Gasteiger partial charge on any atom is -0.484 e. The fourth-order valence-corrected chi connectivity index (χ4v) is 2.30. The zero-order valence-corrected chi connectivity index (χ0v) is 11.2. The summed E-state index contributed by atoms with van der Waals surface area (Å²) < 4.78 is 5.34. The molecular formula is C15H18N2O3. The van der Waals surface area contributed by atoms with Crippen LogP contribution in [-0.2, 0) is 4.79 Å². The van der Waals surface area contributed by atoms with E-state index in [1.807, 2.05) is 6.07 Å². The Hall–Kier alpha value is -2.06. The van der Waals surface area contributed by atoms with Crippen molar-refractivity contribution < 1.29 is 14.6 Å². The second-order valence-corrected chi connectivity index (χ2v) is 4.95. The maximum atomic E-state index is 11.8. The van der Waals surface area contributed by atoms with Gasteiger partial charge in [-0.2, -0.15) is 5.26 Å². The molecule has 1 fully saturated rings. The number of carbonyl (C=O) groups excluding carboxylic acids is 1. The third-order valence-corrected chi connectivity index (χ3v) is 3.43. The fourth-order valence-electron chi connectivity index (χ4n) is 2.30. The van der Waals surface area contributed by atoms with Crippen LogP contribution in [0, 0.1) is 11.3 Å². The van der Waals surface area contributed by atoms with E-state index in [9.17, 15) is 9.90 Å².